The van der Waals surface area contributed by atoms with Crippen LogP contribution in [0, 0.1) is 11.6 Å². The van der Waals surface area contributed by atoms with Crippen LogP contribution in [-0.2, 0) is 6.42 Å². The molecule has 2 atom stereocenters. The predicted octanol–water partition coefficient (Wildman–Crippen LogP) is 3.29. The van der Waals surface area contributed by atoms with Crippen LogP contribution >= 0.6 is 0 Å². The minimum absolute atomic E-state index is 0.153. The van der Waals surface area contributed by atoms with Crippen LogP contribution < -0.4 is 15.2 Å². The number of fused-ring (bicyclic) bond motifs is 1. The summed E-state index contributed by atoms with van der Waals surface area (Å²) >= 11 is 0. The molecule has 2 N–H and O–H groups in total. The number of nitrogens with two attached hydrogens (primary N) is 1. The van der Waals surface area contributed by atoms with Crippen molar-refractivity contribution in [3.05, 3.63) is 47.5 Å². The fraction of sp³-hybridized carbons (Fsp3) is 0.294. The first-order valence-electron chi connectivity index (χ1n) is 7.08. The molecule has 0 spiro atoms. The molecule has 3 nitrogen and oxygen atoms in total. The van der Waals surface area contributed by atoms with E-state index in [-0.39, 0.29) is 17.7 Å². The molecule has 0 saturated carbocycles. The van der Waals surface area contributed by atoms with Crippen molar-refractivity contribution in [1.82, 2.24) is 0 Å². The molecule has 0 aromatic heterocycles. The highest BCUT2D eigenvalue weighted by atomic mass is 19.1. The minimum Gasteiger partial charge on any atom is -0.497 e. The Hall–Kier alpha value is -2.14. The molecule has 1 aliphatic rings. The zero-order chi connectivity index (χ0) is 15.9. The van der Waals surface area contributed by atoms with Gasteiger partial charge in [0.2, 0.25) is 0 Å². The molecule has 2 aromatic rings. The van der Waals surface area contributed by atoms with Crippen LogP contribution in [0.5, 0.6) is 11.5 Å². The highest BCUT2D eigenvalue weighted by Crippen LogP contribution is 2.43. The third kappa shape index (κ3) is 2.52. The molecule has 2 unspecified atom stereocenters. The molecule has 116 valence electrons. The molecular weight excluding hydrogens is 288 g/mol. The highest BCUT2D eigenvalue weighted by molar-refractivity contribution is 5.75. The van der Waals surface area contributed by atoms with Crippen LogP contribution in [0.3, 0.4) is 0 Å². The largest absolute Gasteiger partial charge is 0.497 e. The van der Waals surface area contributed by atoms with Gasteiger partial charge < -0.3 is 15.2 Å². The first-order valence-corrected chi connectivity index (χ1v) is 7.08. The van der Waals surface area contributed by atoms with E-state index in [9.17, 15) is 8.78 Å². The lowest BCUT2D eigenvalue weighted by Crippen LogP contribution is -2.34. The van der Waals surface area contributed by atoms with E-state index in [1.807, 2.05) is 13.0 Å². The van der Waals surface area contributed by atoms with E-state index < -0.39 is 11.6 Å². The van der Waals surface area contributed by atoms with Gasteiger partial charge in [0.1, 0.15) is 29.2 Å². The predicted molar refractivity (Wildman–Crippen MR) is 80.1 cm³/mol. The Kier molecular flexibility index (Phi) is 3.74. The van der Waals surface area contributed by atoms with Crippen molar-refractivity contribution < 1.29 is 18.3 Å². The van der Waals surface area contributed by atoms with E-state index in [4.69, 9.17) is 15.2 Å². The summed E-state index contributed by atoms with van der Waals surface area (Å²) in [5, 5.41) is 0. The number of hydrogen-bond donors (Lipinski definition) is 1. The van der Waals surface area contributed by atoms with Crippen molar-refractivity contribution in [2.75, 3.05) is 7.11 Å². The normalized spacial score (nSPS) is 17.8. The molecule has 0 aliphatic carbocycles. The number of methoxy groups -OCH3 is 1. The van der Waals surface area contributed by atoms with Gasteiger partial charge in [-0.2, -0.15) is 0 Å². The van der Waals surface area contributed by atoms with E-state index >= 15 is 0 Å². The van der Waals surface area contributed by atoms with Crippen LogP contribution in [-0.4, -0.2) is 19.3 Å². The third-order valence-electron chi connectivity index (χ3n) is 3.87. The Labute approximate surface area is 127 Å². The lowest BCUT2D eigenvalue weighted by atomic mass is 9.98. The van der Waals surface area contributed by atoms with Crippen molar-refractivity contribution in [3.8, 4) is 22.6 Å². The number of hydrogen-bond acceptors (Lipinski definition) is 3. The smallest absolute Gasteiger partial charge is 0.131 e. The van der Waals surface area contributed by atoms with Gasteiger partial charge >= 0.3 is 0 Å². The van der Waals surface area contributed by atoms with E-state index in [0.717, 1.165) is 23.8 Å². The van der Waals surface area contributed by atoms with Gasteiger partial charge in [-0.15, -0.1) is 0 Å². The van der Waals surface area contributed by atoms with Gasteiger partial charge in [-0.3, -0.25) is 0 Å². The number of ether oxygens (including phenoxy) is 2. The van der Waals surface area contributed by atoms with Gasteiger partial charge in [-0.25, -0.2) is 8.78 Å². The van der Waals surface area contributed by atoms with Gasteiger partial charge in [0.15, 0.2) is 0 Å². The summed E-state index contributed by atoms with van der Waals surface area (Å²) < 4.78 is 38.8. The third-order valence-corrected chi connectivity index (χ3v) is 3.87. The maximum atomic E-state index is 14.1. The summed E-state index contributed by atoms with van der Waals surface area (Å²) in [6.45, 7) is 1.86. The average molecular weight is 305 g/mol. The van der Waals surface area contributed by atoms with Crippen molar-refractivity contribution in [3.63, 3.8) is 0 Å². The topological polar surface area (TPSA) is 44.5 Å². The van der Waals surface area contributed by atoms with Crippen molar-refractivity contribution in [2.24, 2.45) is 5.73 Å². The van der Waals surface area contributed by atoms with Crippen LogP contribution in [0.2, 0.25) is 0 Å². The van der Waals surface area contributed by atoms with Gasteiger partial charge in [0.25, 0.3) is 0 Å². The second-order valence-electron chi connectivity index (χ2n) is 5.51. The number of benzene rings is 2. The summed E-state index contributed by atoms with van der Waals surface area (Å²) in [7, 11) is 1.53. The molecular formula is C17H17F2NO2. The Morgan fingerprint density at radius 3 is 2.68 bits per heavy atom. The van der Waals surface area contributed by atoms with Crippen LogP contribution in [0.1, 0.15) is 12.5 Å². The quantitative estimate of drug-likeness (QED) is 0.946. The van der Waals surface area contributed by atoms with Crippen LogP contribution in [0.25, 0.3) is 11.1 Å². The molecule has 1 heterocycles. The van der Waals surface area contributed by atoms with Gasteiger partial charge in [-0.1, -0.05) is 0 Å². The standard InChI is InChI=1S/C17H17F2NO2/c1-9(20)16-6-10-5-12(21-2)8-14(17(10)22-16)13-7-11(18)3-4-15(13)19/h3-5,7-9,16H,6,20H2,1-2H3. The summed E-state index contributed by atoms with van der Waals surface area (Å²) in [6.07, 6.45) is 0.436. The maximum Gasteiger partial charge on any atom is 0.131 e. The van der Waals surface area contributed by atoms with Crippen molar-refractivity contribution in [1.29, 1.82) is 0 Å². The summed E-state index contributed by atoms with van der Waals surface area (Å²) in [4.78, 5) is 0. The fourth-order valence-corrected chi connectivity index (χ4v) is 2.68. The zero-order valence-electron chi connectivity index (χ0n) is 12.4. The molecule has 3 rings (SSSR count). The molecule has 2 aromatic carbocycles. The lowest BCUT2D eigenvalue weighted by Gasteiger charge is -2.16. The maximum absolute atomic E-state index is 14.1. The second-order valence-corrected chi connectivity index (χ2v) is 5.51. The number of rotatable bonds is 3. The van der Waals surface area contributed by atoms with Crippen molar-refractivity contribution >= 4 is 0 Å². The molecule has 0 amide bonds. The number of halogens is 2. The van der Waals surface area contributed by atoms with E-state index in [0.29, 0.717) is 23.5 Å². The summed E-state index contributed by atoms with van der Waals surface area (Å²) in [5.74, 6) is 0.110. The molecule has 5 heteroatoms. The summed E-state index contributed by atoms with van der Waals surface area (Å²) in [6, 6.07) is 6.69. The van der Waals surface area contributed by atoms with Crippen LogP contribution in [0.15, 0.2) is 30.3 Å². The van der Waals surface area contributed by atoms with E-state index in [1.165, 1.54) is 7.11 Å². The van der Waals surface area contributed by atoms with Crippen molar-refractivity contribution in [2.45, 2.75) is 25.5 Å². The van der Waals surface area contributed by atoms with E-state index in [2.05, 4.69) is 0 Å². The van der Waals surface area contributed by atoms with Gasteiger partial charge in [-0.05, 0) is 37.3 Å². The average Bonchev–Trinajstić information content (AvgIpc) is 2.93. The summed E-state index contributed by atoms with van der Waals surface area (Å²) in [5.41, 5.74) is 7.42. The lowest BCUT2D eigenvalue weighted by molar-refractivity contribution is 0.207. The van der Waals surface area contributed by atoms with E-state index in [1.54, 1.807) is 6.07 Å². The zero-order valence-corrected chi connectivity index (χ0v) is 12.4. The molecule has 0 fully saturated rings. The Balaban J connectivity index is 2.16. The second kappa shape index (κ2) is 5.57. The molecule has 1 aliphatic heterocycles. The minimum atomic E-state index is -0.510. The molecule has 22 heavy (non-hydrogen) atoms. The van der Waals surface area contributed by atoms with Gasteiger partial charge in [0, 0.05) is 29.2 Å². The first kappa shape index (κ1) is 14.8. The first-order chi connectivity index (χ1) is 10.5. The van der Waals surface area contributed by atoms with Gasteiger partial charge in [0.05, 0.1) is 7.11 Å². The van der Waals surface area contributed by atoms with Crippen LogP contribution in [0.4, 0.5) is 8.78 Å². The monoisotopic (exact) mass is 305 g/mol. The Bertz CT molecular complexity index is 716. The molecule has 0 saturated heterocycles. The Morgan fingerprint density at radius 2 is 2.00 bits per heavy atom. The molecule has 0 bridgehead atoms. The molecule has 0 radical (unpaired) electrons. The Morgan fingerprint density at radius 1 is 1.23 bits per heavy atom. The SMILES string of the molecule is COc1cc2c(c(-c3cc(F)ccc3F)c1)OC(C(C)N)C2. The highest BCUT2D eigenvalue weighted by Gasteiger charge is 2.30. The fourth-order valence-electron chi connectivity index (χ4n) is 2.68.